The van der Waals surface area contributed by atoms with Crippen LogP contribution < -0.4 is 10.6 Å². The van der Waals surface area contributed by atoms with Gasteiger partial charge in [0.25, 0.3) is 0 Å². The van der Waals surface area contributed by atoms with Gasteiger partial charge in [0.2, 0.25) is 5.91 Å². The molecule has 7 nitrogen and oxygen atoms in total. The third kappa shape index (κ3) is 5.18. The number of hydrogen-bond acceptors (Lipinski definition) is 4. The molecule has 33 heavy (non-hydrogen) atoms. The molecule has 2 amide bonds. The van der Waals surface area contributed by atoms with E-state index in [1.165, 1.54) is 0 Å². The lowest BCUT2D eigenvalue weighted by Crippen LogP contribution is -2.48. The van der Waals surface area contributed by atoms with E-state index in [9.17, 15) is 14.4 Å². The molecule has 3 N–H and O–H groups in total. The second-order valence-corrected chi connectivity index (χ2v) is 8.98. The largest absolute Gasteiger partial charge is 0.481 e. The molecule has 2 aliphatic carbocycles. The maximum absolute atomic E-state index is 12.5. The molecule has 0 saturated heterocycles. The number of aliphatic carboxylic acids is 1. The van der Waals surface area contributed by atoms with Crippen molar-refractivity contribution in [1.82, 2.24) is 10.6 Å². The first-order chi connectivity index (χ1) is 16.0. The van der Waals surface area contributed by atoms with Crippen LogP contribution in [0.2, 0.25) is 0 Å². The zero-order chi connectivity index (χ0) is 23.4. The Balaban J connectivity index is 1.26. The molecule has 0 radical (unpaired) electrons. The van der Waals surface area contributed by atoms with Gasteiger partial charge in [0.05, 0.1) is 0 Å². The van der Waals surface area contributed by atoms with Crippen LogP contribution in [0.5, 0.6) is 0 Å². The lowest BCUT2D eigenvalue weighted by Gasteiger charge is -2.34. The number of hydrogen-bond donors (Lipinski definition) is 3. The van der Waals surface area contributed by atoms with Crippen molar-refractivity contribution in [3.63, 3.8) is 0 Å². The molecule has 174 valence electrons. The van der Waals surface area contributed by atoms with Gasteiger partial charge in [-0.25, -0.2) is 4.79 Å². The van der Waals surface area contributed by atoms with Crippen LogP contribution in [0.25, 0.3) is 11.1 Å². The van der Waals surface area contributed by atoms with Gasteiger partial charge >= 0.3 is 12.1 Å². The Morgan fingerprint density at radius 3 is 2.18 bits per heavy atom. The summed E-state index contributed by atoms with van der Waals surface area (Å²) in [5.74, 6) is -0.557. The third-order valence-electron chi connectivity index (χ3n) is 6.72. The Hall–Kier alpha value is -3.35. The second-order valence-electron chi connectivity index (χ2n) is 8.98. The number of carboxylic acid groups (broad SMARTS) is 1. The van der Waals surface area contributed by atoms with Crippen LogP contribution in [-0.2, 0) is 14.3 Å². The summed E-state index contributed by atoms with van der Waals surface area (Å²) in [4.78, 5) is 35.7. The predicted octanol–water partition coefficient (Wildman–Crippen LogP) is 3.92. The Labute approximate surface area is 193 Å². The molecule has 4 rings (SSSR count). The molecule has 1 unspecified atom stereocenters. The van der Waals surface area contributed by atoms with Gasteiger partial charge in [-0.1, -0.05) is 55.5 Å². The van der Waals surface area contributed by atoms with Crippen molar-refractivity contribution in [3.05, 3.63) is 59.7 Å². The maximum atomic E-state index is 12.5. The Kier molecular flexibility index (Phi) is 6.96. The molecular formula is C26H30N2O5. The van der Waals surface area contributed by atoms with Gasteiger partial charge in [-0.05, 0) is 53.4 Å². The predicted molar refractivity (Wildman–Crippen MR) is 124 cm³/mol. The van der Waals surface area contributed by atoms with Gasteiger partial charge in [0.15, 0.2) is 0 Å². The normalized spacial score (nSPS) is 19.5. The van der Waals surface area contributed by atoms with Crippen molar-refractivity contribution >= 4 is 18.0 Å². The first-order valence-corrected chi connectivity index (χ1v) is 11.6. The van der Waals surface area contributed by atoms with Crippen molar-refractivity contribution in [2.45, 2.75) is 44.6 Å². The van der Waals surface area contributed by atoms with E-state index in [1.807, 2.05) is 31.2 Å². The molecule has 0 bridgehead atoms. The van der Waals surface area contributed by atoms with Crippen LogP contribution in [0.4, 0.5) is 4.79 Å². The van der Waals surface area contributed by atoms with Crippen LogP contribution in [0.15, 0.2) is 48.5 Å². The monoisotopic (exact) mass is 450 g/mol. The molecule has 1 fully saturated rings. The van der Waals surface area contributed by atoms with Gasteiger partial charge in [0, 0.05) is 18.9 Å². The number of fused-ring (bicyclic) bond motifs is 3. The number of amides is 2. The van der Waals surface area contributed by atoms with Crippen molar-refractivity contribution in [2.24, 2.45) is 11.8 Å². The summed E-state index contributed by atoms with van der Waals surface area (Å²) in [6, 6.07) is 15.6. The van der Waals surface area contributed by atoms with Gasteiger partial charge < -0.3 is 20.5 Å². The van der Waals surface area contributed by atoms with Crippen molar-refractivity contribution in [2.75, 3.05) is 13.2 Å². The molecule has 0 aromatic heterocycles. The minimum Gasteiger partial charge on any atom is -0.481 e. The number of rotatable bonds is 9. The summed E-state index contributed by atoms with van der Waals surface area (Å²) < 4.78 is 5.55. The number of carbonyl (C=O) groups excluding carboxylic acids is 2. The van der Waals surface area contributed by atoms with Crippen LogP contribution in [0.1, 0.15) is 49.7 Å². The SMILES string of the molecule is CCC(NC(=O)OCC1c2ccccc2-c2ccccc21)C(=O)NCC1CC(CC(=O)O)C1. The zero-order valence-corrected chi connectivity index (χ0v) is 18.8. The van der Waals surface area contributed by atoms with E-state index < -0.39 is 18.1 Å². The quantitative estimate of drug-likeness (QED) is 0.537. The number of ether oxygens (including phenoxy) is 1. The van der Waals surface area contributed by atoms with E-state index in [-0.39, 0.29) is 30.8 Å². The van der Waals surface area contributed by atoms with Crippen LogP contribution in [0.3, 0.4) is 0 Å². The van der Waals surface area contributed by atoms with Crippen molar-refractivity contribution in [3.8, 4) is 11.1 Å². The highest BCUT2D eigenvalue weighted by Gasteiger charge is 2.32. The standard InChI is InChI=1S/C26H30N2O5/c1-2-23(25(31)27-14-17-11-16(12-17)13-24(29)30)28-26(32)33-15-22-20-9-5-3-7-18(20)19-8-4-6-10-21(19)22/h3-10,16-17,22-23H,2,11-15H2,1H3,(H,27,31)(H,28,32)(H,29,30). The van der Waals surface area contributed by atoms with Gasteiger partial charge in [-0.3, -0.25) is 9.59 Å². The molecule has 2 aromatic rings. The van der Waals surface area contributed by atoms with Crippen molar-refractivity contribution in [1.29, 1.82) is 0 Å². The molecular weight excluding hydrogens is 420 g/mol. The smallest absolute Gasteiger partial charge is 0.407 e. The van der Waals surface area contributed by atoms with Gasteiger partial charge in [-0.2, -0.15) is 0 Å². The van der Waals surface area contributed by atoms with Crippen LogP contribution >= 0.6 is 0 Å². The highest BCUT2D eigenvalue weighted by atomic mass is 16.5. The fourth-order valence-corrected chi connectivity index (χ4v) is 4.96. The average Bonchev–Trinajstić information content (AvgIpc) is 3.10. The minimum absolute atomic E-state index is 0.0329. The first-order valence-electron chi connectivity index (χ1n) is 11.6. The highest BCUT2D eigenvalue weighted by Crippen LogP contribution is 2.44. The summed E-state index contributed by atoms with van der Waals surface area (Å²) in [6.07, 6.45) is 1.64. The number of nitrogens with one attached hydrogen (secondary N) is 2. The van der Waals surface area contributed by atoms with E-state index >= 15 is 0 Å². The summed E-state index contributed by atoms with van der Waals surface area (Å²) in [5.41, 5.74) is 4.60. The lowest BCUT2D eigenvalue weighted by molar-refractivity contribution is -0.139. The zero-order valence-electron chi connectivity index (χ0n) is 18.8. The first kappa shape index (κ1) is 22.8. The van der Waals surface area contributed by atoms with Crippen molar-refractivity contribution < 1.29 is 24.2 Å². The number of alkyl carbamates (subject to hydrolysis) is 1. The second kappa shape index (κ2) is 10.1. The van der Waals surface area contributed by atoms with E-state index in [2.05, 4.69) is 34.9 Å². The Morgan fingerprint density at radius 1 is 1.00 bits per heavy atom. The average molecular weight is 451 g/mol. The fourth-order valence-electron chi connectivity index (χ4n) is 4.96. The molecule has 2 aromatic carbocycles. The highest BCUT2D eigenvalue weighted by molar-refractivity contribution is 5.85. The van der Waals surface area contributed by atoms with Gasteiger partial charge in [0.1, 0.15) is 12.6 Å². The fraction of sp³-hybridized carbons (Fsp3) is 0.423. The van der Waals surface area contributed by atoms with E-state index in [0.717, 1.165) is 35.1 Å². The molecule has 1 atom stereocenters. The lowest BCUT2D eigenvalue weighted by atomic mass is 9.73. The molecule has 2 aliphatic rings. The summed E-state index contributed by atoms with van der Waals surface area (Å²) in [5, 5.41) is 14.4. The number of carbonyl (C=O) groups is 3. The van der Waals surface area contributed by atoms with E-state index in [4.69, 9.17) is 9.84 Å². The third-order valence-corrected chi connectivity index (χ3v) is 6.72. The minimum atomic E-state index is -0.777. The summed E-state index contributed by atoms with van der Waals surface area (Å²) >= 11 is 0. The Bertz CT molecular complexity index is 985. The number of carboxylic acids is 1. The number of benzene rings is 2. The Morgan fingerprint density at radius 2 is 1.61 bits per heavy atom. The molecule has 0 heterocycles. The van der Waals surface area contributed by atoms with E-state index in [1.54, 1.807) is 0 Å². The van der Waals surface area contributed by atoms with Crippen LogP contribution in [0, 0.1) is 11.8 Å². The molecule has 0 spiro atoms. The van der Waals surface area contributed by atoms with Crippen LogP contribution in [-0.4, -0.2) is 42.3 Å². The molecule has 0 aliphatic heterocycles. The summed E-state index contributed by atoms with van der Waals surface area (Å²) in [6.45, 7) is 2.53. The molecule has 7 heteroatoms. The van der Waals surface area contributed by atoms with E-state index in [0.29, 0.717) is 18.9 Å². The maximum Gasteiger partial charge on any atom is 0.407 e. The molecule has 1 saturated carbocycles. The van der Waals surface area contributed by atoms with Gasteiger partial charge in [-0.15, -0.1) is 0 Å². The topological polar surface area (TPSA) is 105 Å². The summed E-state index contributed by atoms with van der Waals surface area (Å²) in [7, 11) is 0.